The van der Waals surface area contributed by atoms with Crippen LogP contribution < -0.4 is 10.6 Å². The minimum Gasteiger partial charge on any atom is -0.393 e. The smallest absolute Gasteiger partial charge is 0.224 e. The van der Waals surface area contributed by atoms with Crippen LogP contribution in [-0.4, -0.2) is 81.8 Å². The zero-order valence-corrected chi connectivity index (χ0v) is 20.8. The van der Waals surface area contributed by atoms with Gasteiger partial charge in [0.25, 0.3) is 0 Å². The Labute approximate surface area is 204 Å². The van der Waals surface area contributed by atoms with Crippen molar-refractivity contribution in [1.82, 2.24) is 24.8 Å². The van der Waals surface area contributed by atoms with Crippen LogP contribution in [0, 0.1) is 0 Å². The molecule has 3 heterocycles. The van der Waals surface area contributed by atoms with Gasteiger partial charge >= 0.3 is 0 Å². The molecule has 0 spiro atoms. The van der Waals surface area contributed by atoms with Crippen LogP contribution >= 0.6 is 0 Å². The second-order valence-electron chi connectivity index (χ2n) is 9.87. The number of aliphatic hydroxyl groups excluding tert-OH is 1. The first-order valence-electron chi connectivity index (χ1n) is 13.0. The lowest BCUT2D eigenvalue weighted by molar-refractivity contribution is 0.126. The lowest BCUT2D eigenvalue weighted by atomic mass is 9.93. The molecule has 0 bridgehead atoms. The van der Waals surface area contributed by atoms with Crippen LogP contribution in [0.2, 0.25) is 0 Å². The monoisotopic (exact) mass is 467 g/mol. The van der Waals surface area contributed by atoms with Gasteiger partial charge in [-0.15, -0.1) is 0 Å². The number of rotatable bonds is 9. The van der Waals surface area contributed by atoms with E-state index in [0.717, 1.165) is 88.3 Å². The van der Waals surface area contributed by atoms with Crippen molar-refractivity contribution in [3.8, 4) is 11.3 Å². The second-order valence-corrected chi connectivity index (χ2v) is 9.87. The lowest BCUT2D eigenvalue weighted by Crippen LogP contribution is -2.29. The van der Waals surface area contributed by atoms with Crippen molar-refractivity contribution < 1.29 is 5.11 Å². The van der Waals surface area contributed by atoms with E-state index in [9.17, 15) is 5.11 Å². The molecule has 0 radical (unpaired) electrons. The van der Waals surface area contributed by atoms with Crippen molar-refractivity contribution in [2.75, 3.05) is 50.4 Å². The molecule has 4 rings (SSSR count). The Morgan fingerprint density at radius 3 is 2.65 bits per heavy atom. The summed E-state index contributed by atoms with van der Waals surface area (Å²) in [5, 5.41) is 16.9. The average molecular weight is 468 g/mol. The maximum atomic E-state index is 9.88. The predicted molar refractivity (Wildman–Crippen MR) is 138 cm³/mol. The molecule has 34 heavy (non-hydrogen) atoms. The summed E-state index contributed by atoms with van der Waals surface area (Å²) in [4.78, 5) is 19.1. The zero-order valence-electron chi connectivity index (χ0n) is 20.8. The Bertz CT molecular complexity index is 883. The van der Waals surface area contributed by atoms with Gasteiger partial charge in [0.15, 0.2) is 0 Å². The van der Waals surface area contributed by atoms with E-state index < -0.39 is 0 Å². The van der Waals surface area contributed by atoms with Crippen molar-refractivity contribution in [3.63, 3.8) is 0 Å². The van der Waals surface area contributed by atoms with Crippen molar-refractivity contribution in [3.05, 3.63) is 30.1 Å². The molecule has 1 saturated carbocycles. The highest BCUT2D eigenvalue weighted by molar-refractivity contribution is 5.73. The molecule has 186 valence electrons. The normalized spacial score (nSPS) is 22.3. The van der Waals surface area contributed by atoms with Gasteiger partial charge in [0, 0.05) is 44.6 Å². The van der Waals surface area contributed by atoms with E-state index in [0.29, 0.717) is 12.0 Å². The SMILES string of the molecule is CCCCNc1ncc(-c2ccc(CN3CCCN(C)CC3)cn2)c(N[C@H]2CC[C@H](O)CC2)n1. The molecule has 3 N–H and O–H groups in total. The van der Waals surface area contributed by atoms with E-state index in [4.69, 9.17) is 9.97 Å². The molecule has 0 atom stereocenters. The number of likely N-dealkylation sites (N-methyl/N-ethyl adjacent to an activating group) is 1. The molecule has 1 aliphatic carbocycles. The van der Waals surface area contributed by atoms with Gasteiger partial charge in [-0.2, -0.15) is 4.98 Å². The van der Waals surface area contributed by atoms with E-state index >= 15 is 0 Å². The fourth-order valence-corrected chi connectivity index (χ4v) is 4.75. The summed E-state index contributed by atoms with van der Waals surface area (Å²) in [6.07, 6.45) is 10.7. The van der Waals surface area contributed by atoms with E-state index in [-0.39, 0.29) is 6.10 Å². The topological polar surface area (TPSA) is 89.4 Å². The molecule has 2 aromatic rings. The minimum absolute atomic E-state index is 0.173. The van der Waals surface area contributed by atoms with E-state index in [1.54, 1.807) is 0 Å². The predicted octanol–water partition coefficient (Wildman–Crippen LogP) is 3.60. The Hall–Kier alpha value is -2.29. The quantitative estimate of drug-likeness (QED) is 0.482. The number of nitrogens with zero attached hydrogens (tertiary/aromatic N) is 5. The molecule has 0 amide bonds. The number of nitrogens with one attached hydrogen (secondary N) is 2. The lowest BCUT2D eigenvalue weighted by Gasteiger charge is -2.27. The second kappa shape index (κ2) is 12.4. The first-order chi connectivity index (χ1) is 16.6. The minimum atomic E-state index is -0.173. The Morgan fingerprint density at radius 1 is 1.03 bits per heavy atom. The fourth-order valence-electron chi connectivity index (χ4n) is 4.75. The Kier molecular flexibility index (Phi) is 9.07. The molecule has 0 aromatic carbocycles. The van der Waals surface area contributed by atoms with Crippen molar-refractivity contribution >= 4 is 11.8 Å². The highest BCUT2D eigenvalue weighted by Gasteiger charge is 2.21. The molecule has 8 nitrogen and oxygen atoms in total. The highest BCUT2D eigenvalue weighted by Crippen LogP contribution is 2.29. The van der Waals surface area contributed by atoms with Crippen LogP contribution in [0.3, 0.4) is 0 Å². The molecule has 2 fully saturated rings. The van der Waals surface area contributed by atoms with E-state index in [2.05, 4.69) is 51.5 Å². The molecule has 8 heteroatoms. The maximum absolute atomic E-state index is 9.88. The standard InChI is InChI=1S/C26H41N7O/c1-3-4-12-27-26-29-18-23(25(31-26)30-21-7-9-22(34)10-8-21)24-11-6-20(17-28-24)19-33-14-5-13-32(2)15-16-33/h6,11,17-18,21-22,34H,3-5,7-10,12-16,19H2,1-2H3,(H2,27,29,30,31)/t21-,22-. The van der Waals surface area contributed by atoms with Crippen LogP contribution in [0.25, 0.3) is 11.3 Å². The molecular weight excluding hydrogens is 426 g/mol. The first-order valence-corrected chi connectivity index (χ1v) is 13.0. The number of aromatic nitrogens is 3. The Balaban J connectivity index is 1.48. The van der Waals surface area contributed by atoms with Crippen LogP contribution in [-0.2, 0) is 6.54 Å². The third-order valence-corrected chi connectivity index (χ3v) is 6.96. The summed E-state index contributed by atoms with van der Waals surface area (Å²) >= 11 is 0. The van der Waals surface area contributed by atoms with Crippen LogP contribution in [0.1, 0.15) is 57.4 Å². The van der Waals surface area contributed by atoms with Gasteiger partial charge in [-0.1, -0.05) is 19.4 Å². The molecule has 0 unspecified atom stereocenters. The summed E-state index contributed by atoms with van der Waals surface area (Å²) in [5.41, 5.74) is 3.05. The third-order valence-electron chi connectivity index (χ3n) is 6.96. The third kappa shape index (κ3) is 7.10. The average Bonchev–Trinajstić information content (AvgIpc) is 3.05. The van der Waals surface area contributed by atoms with Crippen molar-refractivity contribution in [1.29, 1.82) is 0 Å². The van der Waals surface area contributed by atoms with Crippen LogP contribution in [0.5, 0.6) is 0 Å². The summed E-state index contributed by atoms with van der Waals surface area (Å²) < 4.78 is 0. The summed E-state index contributed by atoms with van der Waals surface area (Å²) in [7, 11) is 2.20. The number of hydrogen-bond donors (Lipinski definition) is 3. The van der Waals surface area contributed by atoms with Gasteiger partial charge in [-0.3, -0.25) is 9.88 Å². The molecule has 2 aromatic heterocycles. The molecular formula is C26H41N7O. The van der Waals surface area contributed by atoms with Crippen LogP contribution in [0.4, 0.5) is 11.8 Å². The maximum Gasteiger partial charge on any atom is 0.224 e. The number of anilines is 2. The molecule has 1 saturated heterocycles. The number of unbranched alkanes of at least 4 members (excludes halogenated alkanes) is 1. The molecule has 1 aliphatic heterocycles. The number of hydrogen-bond acceptors (Lipinski definition) is 8. The van der Waals surface area contributed by atoms with Gasteiger partial charge < -0.3 is 20.6 Å². The fraction of sp³-hybridized carbons (Fsp3) is 0.654. The number of aliphatic hydroxyl groups is 1. The van der Waals surface area contributed by atoms with E-state index in [1.807, 2.05) is 12.4 Å². The zero-order chi connectivity index (χ0) is 23.8. The van der Waals surface area contributed by atoms with Gasteiger partial charge in [0.2, 0.25) is 5.95 Å². The van der Waals surface area contributed by atoms with Crippen molar-refractivity contribution in [2.24, 2.45) is 0 Å². The van der Waals surface area contributed by atoms with Gasteiger partial charge in [-0.05, 0) is 70.3 Å². The van der Waals surface area contributed by atoms with Gasteiger partial charge in [-0.25, -0.2) is 4.98 Å². The van der Waals surface area contributed by atoms with Gasteiger partial charge in [0.05, 0.1) is 17.4 Å². The molecule has 2 aliphatic rings. The number of pyridine rings is 1. The summed E-state index contributed by atoms with van der Waals surface area (Å²) in [5.74, 6) is 1.48. The Morgan fingerprint density at radius 2 is 1.88 bits per heavy atom. The summed E-state index contributed by atoms with van der Waals surface area (Å²) in [6.45, 7) is 8.51. The largest absolute Gasteiger partial charge is 0.393 e. The van der Waals surface area contributed by atoms with E-state index in [1.165, 1.54) is 18.5 Å². The van der Waals surface area contributed by atoms with Gasteiger partial charge in [0.1, 0.15) is 5.82 Å². The first kappa shape index (κ1) is 24.8. The summed E-state index contributed by atoms with van der Waals surface area (Å²) in [6, 6.07) is 4.59. The van der Waals surface area contributed by atoms with Crippen LogP contribution in [0.15, 0.2) is 24.5 Å². The van der Waals surface area contributed by atoms with Crippen molar-refractivity contribution in [2.45, 2.75) is 70.6 Å². The highest BCUT2D eigenvalue weighted by atomic mass is 16.3.